The number of fused-ring (bicyclic) bond motifs is 1. The highest BCUT2D eigenvalue weighted by Gasteiger charge is 2.20. The normalized spacial score (nSPS) is 12.5. The highest BCUT2D eigenvalue weighted by Crippen LogP contribution is 2.23. The Bertz CT molecular complexity index is 1010. The first-order chi connectivity index (χ1) is 11.4. The monoisotopic (exact) mass is 343 g/mol. The lowest BCUT2D eigenvalue weighted by molar-refractivity contribution is 0.508. The Morgan fingerprint density at radius 1 is 1.17 bits per heavy atom. The van der Waals surface area contributed by atoms with Crippen LogP contribution in [0.2, 0.25) is 0 Å². The summed E-state index contributed by atoms with van der Waals surface area (Å²) in [6.07, 6.45) is 2.81. The van der Waals surface area contributed by atoms with E-state index < -0.39 is 10.0 Å². The van der Waals surface area contributed by atoms with Crippen LogP contribution in [0.1, 0.15) is 5.69 Å². The molecule has 124 valence electrons. The van der Waals surface area contributed by atoms with Gasteiger partial charge >= 0.3 is 0 Å². The number of hydrogen-bond donors (Lipinski definition) is 2. The minimum atomic E-state index is -3.73. The van der Waals surface area contributed by atoms with E-state index in [9.17, 15) is 8.42 Å². The molecule has 7 nitrogen and oxygen atoms in total. The van der Waals surface area contributed by atoms with Crippen molar-refractivity contribution in [1.29, 1.82) is 0 Å². The molecule has 0 aliphatic heterocycles. The minimum Gasteiger partial charge on any atom is -0.403 e. The first-order valence-electron chi connectivity index (χ1n) is 7.14. The van der Waals surface area contributed by atoms with Crippen LogP contribution < -0.4 is 11.6 Å². The molecule has 0 aliphatic rings. The van der Waals surface area contributed by atoms with Crippen LogP contribution in [0, 0.1) is 0 Å². The number of hydrazine groups is 1. The van der Waals surface area contributed by atoms with Crippen molar-refractivity contribution in [3.05, 3.63) is 66.6 Å². The summed E-state index contributed by atoms with van der Waals surface area (Å²) < 4.78 is 26.8. The van der Waals surface area contributed by atoms with Crippen LogP contribution in [0.5, 0.6) is 0 Å². The molecule has 0 unspecified atom stereocenters. The fraction of sp³-hybridized carbons (Fsp3) is 0.0625. The Balaban J connectivity index is 2.20. The van der Waals surface area contributed by atoms with Gasteiger partial charge < -0.3 is 10.7 Å². The summed E-state index contributed by atoms with van der Waals surface area (Å²) >= 11 is 0. The van der Waals surface area contributed by atoms with Gasteiger partial charge in [-0.25, -0.2) is 23.2 Å². The smallest absolute Gasteiger partial charge is 0.269 e. The van der Waals surface area contributed by atoms with Crippen LogP contribution in [0.3, 0.4) is 0 Å². The second kappa shape index (κ2) is 5.99. The molecule has 0 atom stereocenters. The molecule has 0 aliphatic carbocycles. The maximum Gasteiger partial charge on any atom is 0.269 e. The van der Waals surface area contributed by atoms with Crippen molar-refractivity contribution in [1.82, 2.24) is 14.0 Å². The van der Waals surface area contributed by atoms with E-state index in [2.05, 4.69) is 4.98 Å². The second-order valence-corrected chi connectivity index (χ2v) is 7.02. The summed E-state index contributed by atoms with van der Waals surface area (Å²) in [7, 11) is -2.10. The predicted octanol–water partition coefficient (Wildman–Crippen LogP) is 1.34. The summed E-state index contributed by atoms with van der Waals surface area (Å²) in [6.45, 7) is 0. The molecule has 0 bridgehead atoms. The van der Waals surface area contributed by atoms with Crippen molar-refractivity contribution >= 4 is 26.8 Å². The van der Waals surface area contributed by atoms with Gasteiger partial charge in [-0.3, -0.25) is 0 Å². The SMILES string of the molecule is CN(N)/C(=C\N)c1ccc2ccn(S(=O)(=O)c3ccccc3)c2n1. The third-order valence-electron chi connectivity index (χ3n) is 3.60. The van der Waals surface area contributed by atoms with Gasteiger partial charge in [-0.2, -0.15) is 0 Å². The van der Waals surface area contributed by atoms with Crippen molar-refractivity contribution in [2.45, 2.75) is 4.90 Å². The van der Waals surface area contributed by atoms with E-state index in [0.717, 1.165) is 3.97 Å². The van der Waals surface area contributed by atoms with Crippen LogP contribution in [0.25, 0.3) is 16.7 Å². The lowest BCUT2D eigenvalue weighted by Gasteiger charge is -2.15. The maximum absolute atomic E-state index is 12.8. The molecular weight excluding hydrogens is 326 g/mol. The number of hydrogen-bond acceptors (Lipinski definition) is 6. The van der Waals surface area contributed by atoms with E-state index in [4.69, 9.17) is 11.6 Å². The van der Waals surface area contributed by atoms with Crippen LogP contribution in [0.15, 0.2) is 65.8 Å². The number of aromatic nitrogens is 2. The van der Waals surface area contributed by atoms with Gasteiger partial charge in [-0.1, -0.05) is 18.2 Å². The Morgan fingerprint density at radius 3 is 2.50 bits per heavy atom. The molecule has 0 saturated heterocycles. The number of nitrogens with two attached hydrogens (primary N) is 2. The average Bonchev–Trinajstić information content (AvgIpc) is 3.00. The van der Waals surface area contributed by atoms with Crippen LogP contribution in [-0.4, -0.2) is 29.4 Å². The molecule has 0 amide bonds. The summed E-state index contributed by atoms with van der Waals surface area (Å²) in [5, 5.41) is 2.03. The van der Waals surface area contributed by atoms with E-state index in [0.29, 0.717) is 22.4 Å². The molecule has 8 heteroatoms. The van der Waals surface area contributed by atoms with E-state index in [1.807, 2.05) is 0 Å². The Morgan fingerprint density at radius 2 is 1.88 bits per heavy atom. The lowest BCUT2D eigenvalue weighted by Crippen LogP contribution is -2.25. The molecule has 3 aromatic rings. The van der Waals surface area contributed by atoms with Gasteiger partial charge in [0.25, 0.3) is 10.0 Å². The van der Waals surface area contributed by atoms with Gasteiger partial charge in [0.2, 0.25) is 0 Å². The lowest BCUT2D eigenvalue weighted by atomic mass is 10.2. The van der Waals surface area contributed by atoms with Crippen LogP contribution >= 0.6 is 0 Å². The van der Waals surface area contributed by atoms with Crippen LogP contribution in [-0.2, 0) is 10.0 Å². The zero-order chi connectivity index (χ0) is 17.3. The maximum atomic E-state index is 12.8. The largest absolute Gasteiger partial charge is 0.403 e. The van der Waals surface area contributed by atoms with Gasteiger partial charge in [0.1, 0.15) is 0 Å². The van der Waals surface area contributed by atoms with E-state index in [1.165, 1.54) is 17.4 Å². The molecule has 2 aromatic heterocycles. The van der Waals surface area contributed by atoms with E-state index in [1.54, 1.807) is 55.6 Å². The highest BCUT2D eigenvalue weighted by molar-refractivity contribution is 7.90. The molecule has 4 N–H and O–H groups in total. The Kier molecular flexibility index (Phi) is 4.00. The van der Waals surface area contributed by atoms with Gasteiger partial charge in [0.05, 0.1) is 16.3 Å². The molecule has 0 fully saturated rings. The number of benzene rings is 1. The zero-order valence-corrected chi connectivity index (χ0v) is 13.8. The topological polar surface area (TPSA) is 107 Å². The molecule has 24 heavy (non-hydrogen) atoms. The van der Waals surface area contributed by atoms with E-state index in [-0.39, 0.29) is 4.90 Å². The third-order valence-corrected chi connectivity index (χ3v) is 5.28. The van der Waals surface area contributed by atoms with Gasteiger partial charge in [-0.15, -0.1) is 0 Å². The van der Waals surface area contributed by atoms with Crippen molar-refractivity contribution in [2.75, 3.05) is 7.05 Å². The summed E-state index contributed by atoms with van der Waals surface area (Å²) in [5.41, 5.74) is 6.88. The second-order valence-electron chi connectivity index (χ2n) is 5.20. The molecule has 1 aromatic carbocycles. The summed E-state index contributed by atoms with van der Waals surface area (Å²) in [5.74, 6) is 5.73. The van der Waals surface area contributed by atoms with Crippen molar-refractivity contribution < 1.29 is 8.42 Å². The molecule has 0 radical (unpaired) electrons. The van der Waals surface area contributed by atoms with Crippen molar-refractivity contribution in [2.24, 2.45) is 11.6 Å². The highest BCUT2D eigenvalue weighted by atomic mass is 32.2. The first-order valence-corrected chi connectivity index (χ1v) is 8.58. The van der Waals surface area contributed by atoms with Gasteiger partial charge in [0, 0.05) is 24.8 Å². The van der Waals surface area contributed by atoms with Gasteiger partial charge in [-0.05, 0) is 30.3 Å². The van der Waals surface area contributed by atoms with E-state index >= 15 is 0 Å². The number of pyridine rings is 1. The standard InChI is InChI=1S/C16H17N5O2S/c1-20(18)15(11-17)14-8-7-12-9-10-21(16(12)19-14)24(22,23)13-5-3-2-4-6-13/h2-11H,17-18H2,1H3/b15-11-. The number of nitrogens with zero attached hydrogens (tertiary/aromatic N) is 3. The summed E-state index contributed by atoms with van der Waals surface area (Å²) in [4.78, 5) is 4.63. The average molecular weight is 343 g/mol. The number of rotatable bonds is 4. The molecule has 0 spiro atoms. The fourth-order valence-corrected chi connectivity index (χ4v) is 3.73. The molecule has 3 rings (SSSR count). The fourth-order valence-electron chi connectivity index (χ4n) is 2.41. The first kappa shape index (κ1) is 16.0. The third kappa shape index (κ3) is 2.61. The molecule has 0 saturated carbocycles. The Labute approximate surface area is 139 Å². The van der Waals surface area contributed by atoms with Crippen molar-refractivity contribution in [3.63, 3.8) is 0 Å². The minimum absolute atomic E-state index is 0.195. The Hall–Kier alpha value is -2.84. The van der Waals surface area contributed by atoms with Crippen LogP contribution in [0.4, 0.5) is 0 Å². The quantitative estimate of drug-likeness (QED) is 0.547. The summed E-state index contributed by atoms with van der Waals surface area (Å²) in [6, 6.07) is 13.4. The molecular formula is C16H17N5O2S. The predicted molar refractivity (Wildman–Crippen MR) is 92.9 cm³/mol. The van der Waals surface area contributed by atoms with Gasteiger partial charge in [0.15, 0.2) is 5.65 Å². The van der Waals surface area contributed by atoms with Crippen molar-refractivity contribution in [3.8, 4) is 0 Å². The zero-order valence-electron chi connectivity index (χ0n) is 13.0. The molecule has 2 heterocycles.